The van der Waals surface area contributed by atoms with Crippen molar-refractivity contribution in [3.05, 3.63) is 24.0 Å². The Bertz CT molecular complexity index is 405. The molecule has 5 nitrogen and oxygen atoms in total. The van der Waals surface area contributed by atoms with E-state index in [0.29, 0.717) is 13.2 Å². The molecule has 2 rings (SSSR count). The van der Waals surface area contributed by atoms with Crippen molar-refractivity contribution in [2.24, 2.45) is 0 Å². The molecule has 0 amide bonds. The number of aromatic nitrogens is 1. The third-order valence-corrected chi connectivity index (χ3v) is 3.85. The molecule has 0 bridgehead atoms. The molecule has 0 radical (unpaired) electrons. The van der Waals surface area contributed by atoms with E-state index >= 15 is 0 Å². The van der Waals surface area contributed by atoms with Gasteiger partial charge in [0, 0.05) is 39.4 Å². The van der Waals surface area contributed by atoms with Crippen molar-refractivity contribution in [2.75, 3.05) is 34.5 Å². The first-order valence-electron chi connectivity index (χ1n) is 6.56. The van der Waals surface area contributed by atoms with E-state index in [9.17, 15) is 0 Å². The summed E-state index contributed by atoms with van der Waals surface area (Å²) in [5, 5.41) is 3.33. The van der Waals surface area contributed by atoms with E-state index in [-0.39, 0.29) is 11.6 Å². The molecule has 19 heavy (non-hydrogen) atoms. The van der Waals surface area contributed by atoms with Crippen LogP contribution in [0.3, 0.4) is 0 Å². The average Bonchev–Trinajstić information content (AvgIpc) is 2.49. The Kier molecular flexibility index (Phi) is 4.74. The van der Waals surface area contributed by atoms with Gasteiger partial charge in [-0.15, -0.1) is 0 Å². The molecular weight excluding hydrogens is 244 g/mol. The van der Waals surface area contributed by atoms with Crippen LogP contribution in [0.25, 0.3) is 0 Å². The van der Waals surface area contributed by atoms with Gasteiger partial charge in [0.1, 0.15) is 11.4 Å². The third-order valence-electron chi connectivity index (χ3n) is 3.85. The minimum absolute atomic E-state index is 0.0162. The number of likely N-dealkylation sites (N-methyl/N-ethyl adjacent to an activating group) is 1. The molecule has 1 aromatic rings. The summed E-state index contributed by atoms with van der Waals surface area (Å²) < 4.78 is 16.7. The van der Waals surface area contributed by atoms with Gasteiger partial charge in [-0.05, 0) is 19.2 Å². The number of hydrogen-bond donors (Lipinski definition) is 1. The third kappa shape index (κ3) is 2.73. The Balaban J connectivity index is 2.36. The molecular formula is C14H22N2O3. The highest BCUT2D eigenvalue weighted by atomic mass is 16.5. The van der Waals surface area contributed by atoms with Crippen molar-refractivity contribution in [1.82, 2.24) is 10.3 Å². The van der Waals surface area contributed by atoms with Crippen molar-refractivity contribution < 1.29 is 14.2 Å². The smallest absolute Gasteiger partial charge is 0.142 e. The minimum atomic E-state index is -0.297. The molecule has 0 saturated carbocycles. The molecule has 0 aromatic carbocycles. The van der Waals surface area contributed by atoms with Gasteiger partial charge in [0.05, 0.1) is 18.8 Å². The lowest BCUT2D eigenvalue weighted by Gasteiger charge is -2.42. The number of nitrogens with zero attached hydrogens (tertiary/aromatic N) is 1. The first-order chi connectivity index (χ1) is 9.27. The normalized spacial score (nSPS) is 19.9. The minimum Gasteiger partial charge on any atom is -0.495 e. The van der Waals surface area contributed by atoms with Gasteiger partial charge < -0.3 is 19.5 Å². The number of rotatable bonds is 5. The molecule has 0 aliphatic carbocycles. The van der Waals surface area contributed by atoms with Gasteiger partial charge in [0.25, 0.3) is 0 Å². The summed E-state index contributed by atoms with van der Waals surface area (Å²) in [6.45, 7) is 1.42. The van der Waals surface area contributed by atoms with Gasteiger partial charge in [-0.2, -0.15) is 0 Å². The second-order valence-corrected chi connectivity index (χ2v) is 4.69. The highest BCUT2D eigenvalue weighted by Gasteiger charge is 2.42. The van der Waals surface area contributed by atoms with Crippen LogP contribution in [0.2, 0.25) is 0 Å². The van der Waals surface area contributed by atoms with Crippen LogP contribution < -0.4 is 10.1 Å². The van der Waals surface area contributed by atoms with Gasteiger partial charge in [0.15, 0.2) is 0 Å². The van der Waals surface area contributed by atoms with E-state index in [1.165, 1.54) is 0 Å². The quantitative estimate of drug-likeness (QED) is 0.876. The van der Waals surface area contributed by atoms with Crippen molar-refractivity contribution in [3.8, 4) is 5.75 Å². The summed E-state index contributed by atoms with van der Waals surface area (Å²) in [5.74, 6) is 0.782. The lowest BCUT2D eigenvalue weighted by Crippen LogP contribution is -2.48. The molecule has 1 aromatic heterocycles. The van der Waals surface area contributed by atoms with E-state index in [1.54, 1.807) is 20.4 Å². The zero-order valence-electron chi connectivity index (χ0n) is 11.8. The van der Waals surface area contributed by atoms with Gasteiger partial charge in [-0.3, -0.25) is 4.98 Å². The summed E-state index contributed by atoms with van der Waals surface area (Å²) in [6.07, 6.45) is 3.47. The molecule has 1 aliphatic rings. The average molecular weight is 266 g/mol. The largest absolute Gasteiger partial charge is 0.495 e. The Morgan fingerprint density at radius 2 is 2.11 bits per heavy atom. The molecule has 1 fully saturated rings. The fourth-order valence-electron chi connectivity index (χ4n) is 2.77. The predicted molar refractivity (Wildman–Crippen MR) is 72.4 cm³/mol. The Morgan fingerprint density at radius 3 is 2.68 bits per heavy atom. The maximum Gasteiger partial charge on any atom is 0.142 e. The summed E-state index contributed by atoms with van der Waals surface area (Å²) in [5.41, 5.74) is 0.588. The van der Waals surface area contributed by atoms with Crippen LogP contribution in [0.5, 0.6) is 5.75 Å². The van der Waals surface area contributed by atoms with Crippen molar-refractivity contribution in [1.29, 1.82) is 0 Å². The summed E-state index contributed by atoms with van der Waals surface area (Å²) >= 11 is 0. The zero-order chi connectivity index (χ0) is 13.7. The molecule has 1 saturated heterocycles. The molecule has 106 valence electrons. The molecule has 2 heterocycles. The number of nitrogens with one attached hydrogen (secondary N) is 1. The van der Waals surface area contributed by atoms with E-state index < -0.39 is 0 Å². The maximum absolute atomic E-state index is 5.85. The molecule has 1 atom stereocenters. The predicted octanol–water partition coefficient (Wildman–Crippen LogP) is 1.55. The summed E-state index contributed by atoms with van der Waals surface area (Å²) in [6, 6.07) is 3.78. The van der Waals surface area contributed by atoms with Gasteiger partial charge in [-0.1, -0.05) is 0 Å². The van der Waals surface area contributed by atoms with Crippen molar-refractivity contribution in [2.45, 2.75) is 24.5 Å². The molecule has 5 heteroatoms. The maximum atomic E-state index is 5.85. The first-order valence-corrected chi connectivity index (χ1v) is 6.56. The second kappa shape index (κ2) is 6.32. The molecule has 1 unspecified atom stereocenters. The highest BCUT2D eigenvalue weighted by Crippen LogP contribution is 2.39. The van der Waals surface area contributed by atoms with Crippen LogP contribution >= 0.6 is 0 Å². The standard InChI is InChI=1S/C14H22N2O3/c1-15-13(12-11(17-2)5-4-8-16-12)14(18-3)6-9-19-10-7-14/h4-5,8,13,15H,6-7,9-10H2,1-3H3. The van der Waals surface area contributed by atoms with Gasteiger partial charge >= 0.3 is 0 Å². The second-order valence-electron chi connectivity index (χ2n) is 4.69. The fourth-order valence-corrected chi connectivity index (χ4v) is 2.77. The van der Waals surface area contributed by atoms with Gasteiger partial charge in [-0.25, -0.2) is 0 Å². The van der Waals surface area contributed by atoms with Crippen molar-refractivity contribution >= 4 is 0 Å². The van der Waals surface area contributed by atoms with E-state index in [1.807, 2.05) is 19.2 Å². The van der Waals surface area contributed by atoms with Crippen LogP contribution in [0.4, 0.5) is 0 Å². The fraction of sp³-hybridized carbons (Fsp3) is 0.643. The summed E-state index contributed by atoms with van der Waals surface area (Å²) in [4.78, 5) is 4.48. The molecule has 0 spiro atoms. The Morgan fingerprint density at radius 1 is 1.37 bits per heavy atom. The number of ether oxygens (including phenoxy) is 3. The highest BCUT2D eigenvalue weighted by molar-refractivity contribution is 5.31. The Labute approximate surface area is 114 Å². The lowest BCUT2D eigenvalue weighted by atomic mass is 9.83. The number of pyridine rings is 1. The Hall–Kier alpha value is -1.17. The topological polar surface area (TPSA) is 52.6 Å². The van der Waals surface area contributed by atoms with Crippen LogP contribution in [0.15, 0.2) is 18.3 Å². The van der Waals surface area contributed by atoms with Crippen LogP contribution in [-0.2, 0) is 9.47 Å². The summed E-state index contributed by atoms with van der Waals surface area (Å²) in [7, 11) is 5.34. The van der Waals surface area contributed by atoms with E-state index in [4.69, 9.17) is 14.2 Å². The van der Waals surface area contributed by atoms with Crippen LogP contribution in [0.1, 0.15) is 24.6 Å². The first kappa shape index (κ1) is 14.2. The molecule has 1 aliphatic heterocycles. The lowest BCUT2D eigenvalue weighted by molar-refractivity contribution is -0.111. The van der Waals surface area contributed by atoms with Crippen LogP contribution in [-0.4, -0.2) is 45.1 Å². The molecule has 1 N–H and O–H groups in total. The zero-order valence-corrected chi connectivity index (χ0v) is 11.8. The van der Waals surface area contributed by atoms with Crippen LogP contribution in [0, 0.1) is 0 Å². The van der Waals surface area contributed by atoms with Crippen molar-refractivity contribution in [3.63, 3.8) is 0 Å². The number of methoxy groups -OCH3 is 2. The SMILES string of the molecule is CNC(c1ncccc1OC)C1(OC)CCOCC1. The monoisotopic (exact) mass is 266 g/mol. The number of hydrogen-bond acceptors (Lipinski definition) is 5. The van der Waals surface area contributed by atoms with Gasteiger partial charge in [0.2, 0.25) is 0 Å². The van der Waals surface area contributed by atoms with E-state index in [2.05, 4.69) is 10.3 Å². The van der Waals surface area contributed by atoms with E-state index in [0.717, 1.165) is 24.3 Å².